The van der Waals surface area contributed by atoms with Crippen LogP contribution in [0, 0.1) is 5.92 Å². The summed E-state index contributed by atoms with van der Waals surface area (Å²) in [4.78, 5) is 12.0. The topological polar surface area (TPSA) is 67.1 Å². The molecule has 4 nitrogen and oxygen atoms in total. The van der Waals surface area contributed by atoms with E-state index in [1.165, 1.54) is 19.3 Å². The fourth-order valence-corrected chi connectivity index (χ4v) is 2.27. The average Bonchev–Trinajstić information content (AvgIpc) is 2.32. The second-order valence-corrected chi connectivity index (χ2v) is 5.11. The molecule has 0 aliphatic heterocycles. The van der Waals surface area contributed by atoms with E-state index in [0.29, 0.717) is 22.8 Å². The minimum atomic E-state index is -0.134. The lowest BCUT2D eigenvalue weighted by molar-refractivity contribution is 0.0949. The molecule has 0 atom stereocenters. The van der Waals surface area contributed by atoms with E-state index in [1.807, 2.05) is 0 Å². The normalized spacial score (nSPS) is 15.0. The number of amides is 1. The number of hydrogen-bond acceptors (Lipinski definition) is 3. The number of nitrogens with one attached hydrogen (secondary N) is 2. The Labute approximate surface area is 112 Å². The molecule has 5 heteroatoms. The Balaban J connectivity index is 1.92. The zero-order chi connectivity index (χ0) is 13.0. The van der Waals surface area contributed by atoms with Gasteiger partial charge in [0, 0.05) is 11.6 Å². The number of nitrogen functional groups attached to an aromatic ring is 1. The van der Waals surface area contributed by atoms with E-state index in [0.717, 1.165) is 12.3 Å². The van der Waals surface area contributed by atoms with Crippen molar-refractivity contribution in [1.29, 1.82) is 0 Å². The van der Waals surface area contributed by atoms with Crippen molar-refractivity contribution < 1.29 is 4.79 Å². The third-order valence-corrected chi connectivity index (χ3v) is 3.68. The van der Waals surface area contributed by atoms with Crippen LogP contribution >= 0.6 is 11.6 Å². The number of rotatable bonds is 5. The molecule has 18 heavy (non-hydrogen) atoms. The van der Waals surface area contributed by atoms with Crippen LogP contribution in [0.5, 0.6) is 0 Å². The summed E-state index contributed by atoms with van der Waals surface area (Å²) in [5.74, 6) is 6.03. The Bertz CT molecular complexity index is 432. The fourth-order valence-electron chi connectivity index (χ4n) is 2.10. The highest BCUT2D eigenvalue weighted by Gasteiger charge is 2.17. The van der Waals surface area contributed by atoms with Crippen LogP contribution in [0.15, 0.2) is 18.2 Å². The molecular weight excluding hydrogens is 250 g/mol. The van der Waals surface area contributed by atoms with Crippen LogP contribution in [0.4, 0.5) is 5.69 Å². The zero-order valence-electron chi connectivity index (χ0n) is 10.2. The molecule has 1 aliphatic rings. The van der Waals surface area contributed by atoms with Crippen LogP contribution in [0.3, 0.4) is 0 Å². The van der Waals surface area contributed by atoms with Gasteiger partial charge in [0.05, 0.1) is 11.3 Å². The molecule has 1 aliphatic carbocycles. The van der Waals surface area contributed by atoms with Crippen molar-refractivity contribution in [3.63, 3.8) is 0 Å². The Morgan fingerprint density at radius 1 is 1.44 bits per heavy atom. The monoisotopic (exact) mass is 267 g/mol. The summed E-state index contributed by atoms with van der Waals surface area (Å²) in [5, 5.41) is 3.43. The maximum absolute atomic E-state index is 12.0. The molecule has 98 valence electrons. The summed E-state index contributed by atoms with van der Waals surface area (Å²) in [6.45, 7) is 0.708. The molecular formula is C13H18ClN3O. The van der Waals surface area contributed by atoms with Crippen molar-refractivity contribution in [2.45, 2.75) is 25.7 Å². The van der Waals surface area contributed by atoms with Gasteiger partial charge < -0.3 is 10.7 Å². The molecule has 2 rings (SSSR count). The highest BCUT2D eigenvalue weighted by molar-refractivity contribution is 6.31. The van der Waals surface area contributed by atoms with Crippen molar-refractivity contribution in [3.05, 3.63) is 28.8 Å². The van der Waals surface area contributed by atoms with E-state index in [1.54, 1.807) is 18.2 Å². The molecule has 0 saturated heterocycles. The number of hydrazine groups is 1. The summed E-state index contributed by atoms with van der Waals surface area (Å²) in [7, 11) is 0. The Kier molecular flexibility index (Phi) is 4.44. The maximum Gasteiger partial charge on any atom is 0.253 e. The first-order chi connectivity index (χ1) is 8.70. The van der Waals surface area contributed by atoms with E-state index in [4.69, 9.17) is 17.4 Å². The minimum absolute atomic E-state index is 0.134. The second-order valence-electron chi connectivity index (χ2n) is 4.68. The van der Waals surface area contributed by atoms with Gasteiger partial charge in [-0.2, -0.15) is 0 Å². The lowest BCUT2D eigenvalue weighted by atomic mass is 9.83. The van der Waals surface area contributed by atoms with Crippen LogP contribution in [-0.4, -0.2) is 12.5 Å². The van der Waals surface area contributed by atoms with E-state index in [9.17, 15) is 4.79 Å². The van der Waals surface area contributed by atoms with Crippen LogP contribution in [0.2, 0.25) is 5.02 Å². The smallest absolute Gasteiger partial charge is 0.253 e. The van der Waals surface area contributed by atoms with Gasteiger partial charge in [-0.1, -0.05) is 30.9 Å². The predicted molar refractivity (Wildman–Crippen MR) is 73.6 cm³/mol. The Hall–Kier alpha value is -1.26. The molecule has 0 unspecified atom stereocenters. The first-order valence-electron chi connectivity index (χ1n) is 6.25. The van der Waals surface area contributed by atoms with E-state index in [2.05, 4.69) is 10.7 Å². The van der Waals surface area contributed by atoms with E-state index >= 15 is 0 Å². The van der Waals surface area contributed by atoms with Crippen LogP contribution in [0.25, 0.3) is 0 Å². The van der Waals surface area contributed by atoms with Crippen molar-refractivity contribution in [2.75, 3.05) is 12.0 Å². The number of benzene rings is 1. The largest absolute Gasteiger partial charge is 0.352 e. The molecule has 0 radical (unpaired) electrons. The van der Waals surface area contributed by atoms with Gasteiger partial charge in [-0.25, -0.2) is 0 Å². The van der Waals surface area contributed by atoms with E-state index in [-0.39, 0.29) is 5.91 Å². The third-order valence-electron chi connectivity index (χ3n) is 3.44. The minimum Gasteiger partial charge on any atom is -0.352 e. The molecule has 4 N–H and O–H groups in total. The fraction of sp³-hybridized carbons (Fsp3) is 0.462. The van der Waals surface area contributed by atoms with E-state index < -0.39 is 0 Å². The molecule has 1 aromatic carbocycles. The second kappa shape index (κ2) is 6.07. The highest BCUT2D eigenvalue weighted by Crippen LogP contribution is 2.28. The summed E-state index contributed by atoms with van der Waals surface area (Å²) in [5.41, 5.74) is 3.57. The molecule has 0 heterocycles. The molecule has 1 saturated carbocycles. The quantitative estimate of drug-likeness (QED) is 0.567. The average molecular weight is 268 g/mol. The van der Waals surface area contributed by atoms with Crippen molar-refractivity contribution in [3.8, 4) is 0 Å². The van der Waals surface area contributed by atoms with Gasteiger partial charge in [0.2, 0.25) is 0 Å². The van der Waals surface area contributed by atoms with Crippen LogP contribution in [0.1, 0.15) is 36.0 Å². The molecule has 1 fully saturated rings. The molecule has 1 amide bonds. The predicted octanol–water partition coefficient (Wildman–Crippen LogP) is 2.55. The zero-order valence-corrected chi connectivity index (χ0v) is 11.0. The summed E-state index contributed by atoms with van der Waals surface area (Å²) < 4.78 is 0. The standard InChI is InChI=1S/C13H18ClN3O/c14-10-4-5-12(17-15)11(8-10)13(18)16-7-6-9-2-1-3-9/h4-5,8-9,17H,1-3,6-7,15H2,(H,16,18). The molecule has 0 spiro atoms. The van der Waals surface area contributed by atoms with Crippen molar-refractivity contribution >= 4 is 23.2 Å². The van der Waals surface area contributed by atoms with Gasteiger partial charge in [0.15, 0.2) is 0 Å². The number of halogens is 1. The molecule has 1 aromatic rings. The number of anilines is 1. The SMILES string of the molecule is NNc1ccc(Cl)cc1C(=O)NCCC1CCC1. The summed E-state index contributed by atoms with van der Waals surface area (Å²) >= 11 is 5.89. The third kappa shape index (κ3) is 3.15. The van der Waals surface area contributed by atoms with Crippen LogP contribution in [-0.2, 0) is 0 Å². The van der Waals surface area contributed by atoms with Crippen molar-refractivity contribution in [2.24, 2.45) is 11.8 Å². The van der Waals surface area contributed by atoms with Crippen LogP contribution < -0.4 is 16.6 Å². The van der Waals surface area contributed by atoms with Crippen molar-refractivity contribution in [1.82, 2.24) is 5.32 Å². The molecule has 0 bridgehead atoms. The lowest BCUT2D eigenvalue weighted by Crippen LogP contribution is -2.28. The Morgan fingerprint density at radius 3 is 2.83 bits per heavy atom. The summed E-state index contributed by atoms with van der Waals surface area (Å²) in [6.07, 6.45) is 4.97. The summed E-state index contributed by atoms with van der Waals surface area (Å²) in [6, 6.07) is 5.01. The first-order valence-corrected chi connectivity index (χ1v) is 6.63. The number of nitrogens with two attached hydrogens (primary N) is 1. The number of carbonyl (C=O) groups is 1. The highest BCUT2D eigenvalue weighted by atomic mass is 35.5. The van der Waals surface area contributed by atoms with Gasteiger partial charge >= 0.3 is 0 Å². The maximum atomic E-state index is 12.0. The first kappa shape index (κ1) is 13.2. The van der Waals surface area contributed by atoms with Gasteiger partial charge in [0.1, 0.15) is 0 Å². The van der Waals surface area contributed by atoms with Gasteiger partial charge in [0.25, 0.3) is 5.91 Å². The van der Waals surface area contributed by atoms with Gasteiger partial charge in [-0.05, 0) is 30.5 Å². The van der Waals surface area contributed by atoms with Gasteiger partial charge in [-0.15, -0.1) is 0 Å². The molecule has 0 aromatic heterocycles. The number of carbonyl (C=O) groups excluding carboxylic acids is 1. The van der Waals surface area contributed by atoms with Gasteiger partial charge in [-0.3, -0.25) is 10.6 Å². The lowest BCUT2D eigenvalue weighted by Gasteiger charge is -2.25. The number of hydrogen-bond donors (Lipinski definition) is 3. The Morgan fingerprint density at radius 2 is 2.22 bits per heavy atom.